The van der Waals surface area contributed by atoms with Gasteiger partial charge < -0.3 is 0 Å². The molecule has 0 saturated carbocycles. The zero-order valence-corrected chi connectivity index (χ0v) is 14.6. The molecule has 1 heterocycles. The Balaban J connectivity index is 2.48. The molecule has 22 heavy (non-hydrogen) atoms. The van der Waals surface area contributed by atoms with Crippen LogP contribution < -0.4 is 0 Å². The molecule has 0 fully saturated rings. The highest BCUT2D eigenvalue weighted by atomic mass is 35.5. The lowest BCUT2D eigenvalue weighted by Gasteiger charge is -2.11. The molecule has 0 aliphatic heterocycles. The van der Waals surface area contributed by atoms with Crippen LogP contribution in [-0.2, 0) is 22.6 Å². The molecule has 2 aromatic rings. The fourth-order valence-corrected chi connectivity index (χ4v) is 4.30. The number of hydrogen-bond acceptors (Lipinski definition) is 7. The average Bonchev–Trinajstić information content (AvgIpc) is 2.81. The van der Waals surface area contributed by atoms with E-state index in [4.69, 9.17) is 23.2 Å². The molecule has 1 aromatic heterocycles. The molecule has 0 bridgehead atoms. The third kappa shape index (κ3) is 3.60. The number of carbonyl (C=O) groups excluding carboxylic acids is 1. The highest BCUT2D eigenvalue weighted by molar-refractivity contribution is 7.98. The molecule has 0 unspecified atom stereocenters. The predicted octanol–water partition coefficient (Wildman–Crippen LogP) is 1.94. The summed E-state index contributed by atoms with van der Waals surface area (Å²) in [5, 5.41) is 10.7. The fraction of sp³-hybridized carbons (Fsp3) is 0.273. The maximum Gasteiger partial charge on any atom is 0.253 e. The van der Waals surface area contributed by atoms with E-state index in [9.17, 15) is 13.2 Å². The van der Waals surface area contributed by atoms with Crippen LogP contribution in [-0.4, -0.2) is 40.1 Å². The van der Waals surface area contributed by atoms with Crippen LogP contribution in [0.15, 0.2) is 22.2 Å². The Morgan fingerprint density at radius 2 is 2.09 bits per heavy atom. The quantitative estimate of drug-likeness (QED) is 0.577. The lowest BCUT2D eigenvalue weighted by atomic mass is 10.1. The van der Waals surface area contributed by atoms with Crippen LogP contribution in [0.3, 0.4) is 0 Å². The zero-order chi connectivity index (χ0) is 16.5. The topological polar surface area (TPSA) is 94.8 Å². The number of sulfone groups is 1. The molecule has 11 heteroatoms. The molecular weight excluding hydrogens is 371 g/mol. The molecule has 7 nitrogen and oxygen atoms in total. The number of nitrogens with zero attached hydrogens (tertiary/aromatic N) is 4. The normalized spacial score (nSPS) is 11.6. The highest BCUT2D eigenvalue weighted by Crippen LogP contribution is 2.33. The number of rotatable bonds is 5. The monoisotopic (exact) mass is 380 g/mol. The van der Waals surface area contributed by atoms with Gasteiger partial charge in [0.25, 0.3) is 5.24 Å². The zero-order valence-electron chi connectivity index (χ0n) is 11.4. The van der Waals surface area contributed by atoms with Gasteiger partial charge in [-0.2, -0.15) is 0 Å². The van der Waals surface area contributed by atoms with Crippen molar-refractivity contribution in [1.29, 1.82) is 0 Å². The molecule has 0 aliphatic carbocycles. The second kappa shape index (κ2) is 6.53. The van der Waals surface area contributed by atoms with Gasteiger partial charge in [-0.15, -0.1) is 5.10 Å². The number of aromatic nitrogens is 4. The first kappa shape index (κ1) is 17.2. The van der Waals surface area contributed by atoms with Crippen molar-refractivity contribution in [1.82, 2.24) is 20.2 Å². The van der Waals surface area contributed by atoms with Gasteiger partial charge >= 0.3 is 0 Å². The number of carbonyl (C=O) groups is 1. The molecule has 0 atom stereocenters. The number of hydrogen-bond donors (Lipinski definition) is 0. The van der Waals surface area contributed by atoms with Crippen molar-refractivity contribution >= 4 is 50.0 Å². The average molecular weight is 381 g/mol. The molecule has 1 aromatic carbocycles. The van der Waals surface area contributed by atoms with Gasteiger partial charge in [0.2, 0.25) is 5.16 Å². The SMILES string of the molecule is Cn1nnnc1SCc1c(S(C)(=O)=O)ccc(C(=O)Cl)c1Cl. The van der Waals surface area contributed by atoms with Crippen molar-refractivity contribution in [3.05, 3.63) is 28.3 Å². The van der Waals surface area contributed by atoms with Gasteiger partial charge in [-0.3, -0.25) is 4.79 Å². The van der Waals surface area contributed by atoms with Gasteiger partial charge in [0.15, 0.2) is 9.84 Å². The Kier molecular flexibility index (Phi) is 5.10. The van der Waals surface area contributed by atoms with E-state index in [0.29, 0.717) is 10.7 Å². The van der Waals surface area contributed by atoms with Crippen LogP contribution in [0.25, 0.3) is 0 Å². The maximum atomic E-state index is 11.9. The van der Waals surface area contributed by atoms with Crippen molar-refractivity contribution in [2.24, 2.45) is 7.05 Å². The summed E-state index contributed by atoms with van der Waals surface area (Å²) in [4.78, 5) is 11.4. The van der Waals surface area contributed by atoms with Gasteiger partial charge in [-0.25, -0.2) is 13.1 Å². The van der Waals surface area contributed by atoms with Gasteiger partial charge in [0.05, 0.1) is 15.5 Å². The van der Waals surface area contributed by atoms with Crippen LogP contribution in [0.4, 0.5) is 0 Å². The van der Waals surface area contributed by atoms with Crippen LogP contribution >= 0.6 is 35.0 Å². The van der Waals surface area contributed by atoms with Crippen LogP contribution in [0.2, 0.25) is 5.02 Å². The standard InChI is InChI=1S/C11H10Cl2N4O3S2/c1-17-11(14-15-16-17)21-5-7-8(22(2,19)20)4-3-6(9(7)12)10(13)18/h3-4H,5H2,1-2H3. The maximum absolute atomic E-state index is 11.9. The van der Waals surface area contributed by atoms with Crippen LogP contribution in [0.5, 0.6) is 0 Å². The molecule has 0 saturated heterocycles. The summed E-state index contributed by atoms with van der Waals surface area (Å²) in [5.41, 5.74) is 0.353. The number of halogens is 2. The summed E-state index contributed by atoms with van der Waals surface area (Å²) in [6.07, 6.45) is 1.07. The molecule has 0 spiro atoms. The van der Waals surface area contributed by atoms with Gasteiger partial charge in [0.1, 0.15) is 0 Å². The molecule has 118 valence electrons. The summed E-state index contributed by atoms with van der Waals surface area (Å²) in [6.45, 7) is 0. The van der Waals surface area contributed by atoms with Crippen LogP contribution in [0, 0.1) is 0 Å². The lowest BCUT2D eigenvalue weighted by Crippen LogP contribution is -2.06. The summed E-state index contributed by atoms with van der Waals surface area (Å²) < 4.78 is 25.2. The molecule has 0 aliphatic rings. The van der Waals surface area contributed by atoms with E-state index >= 15 is 0 Å². The number of aryl methyl sites for hydroxylation is 1. The molecular formula is C11H10Cl2N4O3S2. The first-order valence-electron chi connectivity index (χ1n) is 5.78. The van der Waals surface area contributed by atoms with Gasteiger partial charge in [-0.05, 0) is 34.2 Å². The minimum Gasteiger partial charge on any atom is -0.276 e. The molecule has 0 amide bonds. The Hall–Kier alpha value is -1.16. The van der Waals surface area contributed by atoms with Crippen molar-refractivity contribution in [3.63, 3.8) is 0 Å². The summed E-state index contributed by atoms with van der Waals surface area (Å²) in [6, 6.07) is 2.62. The highest BCUT2D eigenvalue weighted by Gasteiger charge is 2.21. The molecule has 2 rings (SSSR count). The minimum atomic E-state index is -3.51. The fourth-order valence-electron chi connectivity index (χ4n) is 1.72. The lowest BCUT2D eigenvalue weighted by molar-refractivity contribution is 0.108. The molecule has 0 N–H and O–H groups in total. The number of thioether (sulfide) groups is 1. The Labute approximate surface area is 140 Å². The van der Waals surface area contributed by atoms with E-state index in [0.717, 1.165) is 6.26 Å². The largest absolute Gasteiger partial charge is 0.276 e. The van der Waals surface area contributed by atoms with E-state index < -0.39 is 15.1 Å². The summed E-state index contributed by atoms with van der Waals surface area (Å²) >= 11 is 12.8. The minimum absolute atomic E-state index is 0.0190. The van der Waals surface area contributed by atoms with E-state index in [2.05, 4.69) is 15.5 Å². The summed E-state index contributed by atoms with van der Waals surface area (Å²) in [5.74, 6) is 0.174. The molecule has 0 radical (unpaired) electrons. The Bertz CT molecular complexity index is 836. The second-order valence-corrected chi connectivity index (χ2v) is 7.97. The van der Waals surface area contributed by atoms with Gasteiger partial charge in [-0.1, -0.05) is 23.4 Å². The second-order valence-electron chi connectivity index (χ2n) is 4.32. The Morgan fingerprint density at radius 1 is 1.41 bits per heavy atom. The third-order valence-electron chi connectivity index (χ3n) is 2.74. The predicted molar refractivity (Wildman–Crippen MR) is 83.1 cm³/mol. The van der Waals surface area contributed by atoms with Gasteiger partial charge in [0, 0.05) is 24.6 Å². The third-order valence-corrected chi connectivity index (χ3v) is 5.59. The van der Waals surface area contributed by atoms with E-state index in [-0.39, 0.29) is 21.2 Å². The van der Waals surface area contributed by atoms with Crippen LogP contribution in [0.1, 0.15) is 15.9 Å². The number of tetrazole rings is 1. The number of benzene rings is 1. The van der Waals surface area contributed by atoms with Crippen molar-refractivity contribution in [2.45, 2.75) is 15.8 Å². The van der Waals surface area contributed by atoms with E-state index in [1.165, 1.54) is 28.6 Å². The first-order valence-corrected chi connectivity index (χ1v) is 9.41. The summed E-state index contributed by atoms with van der Waals surface area (Å²) in [7, 11) is -1.86. The van der Waals surface area contributed by atoms with Crippen molar-refractivity contribution in [3.8, 4) is 0 Å². The van der Waals surface area contributed by atoms with E-state index in [1.807, 2.05) is 0 Å². The Morgan fingerprint density at radius 3 is 2.59 bits per heavy atom. The smallest absolute Gasteiger partial charge is 0.253 e. The van der Waals surface area contributed by atoms with E-state index in [1.54, 1.807) is 7.05 Å². The van der Waals surface area contributed by atoms with Crippen molar-refractivity contribution in [2.75, 3.05) is 6.26 Å². The first-order chi connectivity index (χ1) is 10.2. The van der Waals surface area contributed by atoms with Crippen molar-refractivity contribution < 1.29 is 13.2 Å².